The molecule has 0 bridgehead atoms. The monoisotopic (exact) mass is 282 g/mol. The van der Waals surface area contributed by atoms with Crippen molar-refractivity contribution in [2.24, 2.45) is 0 Å². The molecule has 0 radical (unpaired) electrons. The first-order chi connectivity index (χ1) is 10.1. The molecule has 0 aliphatic rings. The van der Waals surface area contributed by atoms with Crippen molar-refractivity contribution in [1.82, 2.24) is 4.98 Å². The van der Waals surface area contributed by atoms with E-state index in [1.54, 1.807) is 30.5 Å². The maximum atomic E-state index is 13.9. The summed E-state index contributed by atoms with van der Waals surface area (Å²) in [5.41, 5.74) is 1.26. The van der Waals surface area contributed by atoms with Crippen molar-refractivity contribution in [3.63, 3.8) is 0 Å². The van der Waals surface area contributed by atoms with E-state index in [0.29, 0.717) is 5.69 Å². The van der Waals surface area contributed by atoms with Crippen molar-refractivity contribution in [2.45, 2.75) is 0 Å². The second-order valence-electron chi connectivity index (χ2n) is 4.50. The van der Waals surface area contributed by atoms with E-state index in [0.717, 1.165) is 10.9 Å². The highest BCUT2D eigenvalue weighted by atomic mass is 19.1. The Morgan fingerprint density at radius 1 is 1.14 bits per heavy atom. The molecule has 5 heteroatoms. The summed E-state index contributed by atoms with van der Waals surface area (Å²) in [6.45, 7) is 0. The number of carboxylic acid groups (broad SMARTS) is 1. The molecule has 0 spiro atoms. The number of nitrogens with zero attached hydrogens (tertiary/aromatic N) is 1. The van der Waals surface area contributed by atoms with Gasteiger partial charge in [0.05, 0.1) is 16.8 Å². The summed E-state index contributed by atoms with van der Waals surface area (Å²) >= 11 is 0. The van der Waals surface area contributed by atoms with E-state index in [1.807, 2.05) is 6.07 Å². The average Bonchev–Trinajstić information content (AvgIpc) is 2.49. The third kappa shape index (κ3) is 2.53. The Bertz CT molecular complexity index is 833. The number of pyridine rings is 1. The Morgan fingerprint density at radius 3 is 2.81 bits per heavy atom. The molecule has 0 atom stereocenters. The lowest BCUT2D eigenvalue weighted by molar-refractivity contribution is 0.0697. The molecule has 0 fully saturated rings. The molecule has 2 aromatic carbocycles. The molecule has 0 saturated carbocycles. The molecular weight excluding hydrogens is 271 g/mol. The summed E-state index contributed by atoms with van der Waals surface area (Å²) in [6.07, 6.45) is 1.69. The summed E-state index contributed by atoms with van der Waals surface area (Å²) in [5.74, 6) is -1.79. The number of hydrogen-bond acceptors (Lipinski definition) is 3. The summed E-state index contributed by atoms with van der Waals surface area (Å²) < 4.78 is 13.9. The zero-order valence-electron chi connectivity index (χ0n) is 10.9. The van der Waals surface area contributed by atoms with Gasteiger partial charge in [0.2, 0.25) is 0 Å². The van der Waals surface area contributed by atoms with Gasteiger partial charge in [-0.2, -0.15) is 0 Å². The quantitative estimate of drug-likeness (QED) is 0.766. The molecule has 1 heterocycles. The van der Waals surface area contributed by atoms with Gasteiger partial charge in [-0.25, -0.2) is 9.18 Å². The van der Waals surface area contributed by atoms with Crippen LogP contribution in [-0.2, 0) is 0 Å². The number of aromatic nitrogens is 1. The van der Waals surface area contributed by atoms with Crippen LogP contribution in [0.2, 0.25) is 0 Å². The number of fused-ring (bicyclic) bond motifs is 1. The molecule has 21 heavy (non-hydrogen) atoms. The number of carbonyl (C=O) groups is 1. The second kappa shape index (κ2) is 5.20. The molecule has 0 aliphatic carbocycles. The van der Waals surface area contributed by atoms with Gasteiger partial charge < -0.3 is 10.4 Å². The first kappa shape index (κ1) is 13.1. The van der Waals surface area contributed by atoms with Gasteiger partial charge >= 0.3 is 5.97 Å². The standard InChI is InChI=1S/C16H11FN2O2/c17-13-5-1-4-12(16(20)21)15(13)19-11-6-7-14-10(9-11)3-2-8-18-14/h1-9,19H,(H,20,21). The lowest BCUT2D eigenvalue weighted by Gasteiger charge is -2.11. The number of nitrogens with one attached hydrogen (secondary N) is 1. The zero-order chi connectivity index (χ0) is 14.8. The lowest BCUT2D eigenvalue weighted by Crippen LogP contribution is -2.04. The van der Waals surface area contributed by atoms with Crippen LogP contribution in [0.1, 0.15) is 10.4 Å². The summed E-state index contributed by atoms with van der Waals surface area (Å²) in [4.78, 5) is 15.4. The van der Waals surface area contributed by atoms with Crippen LogP contribution in [0.15, 0.2) is 54.7 Å². The smallest absolute Gasteiger partial charge is 0.337 e. The van der Waals surface area contributed by atoms with Crippen LogP contribution in [-0.4, -0.2) is 16.1 Å². The minimum atomic E-state index is -1.18. The first-order valence-electron chi connectivity index (χ1n) is 6.29. The molecule has 4 nitrogen and oxygen atoms in total. The van der Waals surface area contributed by atoms with Gasteiger partial charge in [0, 0.05) is 17.3 Å². The van der Waals surface area contributed by atoms with E-state index in [2.05, 4.69) is 10.3 Å². The molecule has 3 aromatic rings. The molecule has 3 rings (SSSR count). The number of halogens is 1. The second-order valence-corrected chi connectivity index (χ2v) is 4.50. The lowest BCUT2D eigenvalue weighted by atomic mass is 10.1. The maximum absolute atomic E-state index is 13.9. The highest BCUT2D eigenvalue weighted by Gasteiger charge is 2.14. The van der Waals surface area contributed by atoms with Crippen molar-refractivity contribution in [2.75, 3.05) is 5.32 Å². The van der Waals surface area contributed by atoms with Crippen LogP contribution < -0.4 is 5.32 Å². The van der Waals surface area contributed by atoms with Crippen LogP contribution in [0, 0.1) is 5.82 Å². The van der Waals surface area contributed by atoms with E-state index >= 15 is 0 Å². The number of para-hydroxylation sites is 1. The Morgan fingerprint density at radius 2 is 2.00 bits per heavy atom. The summed E-state index contributed by atoms with van der Waals surface area (Å²) in [6, 6.07) is 12.9. The van der Waals surface area contributed by atoms with Crippen molar-refractivity contribution in [1.29, 1.82) is 0 Å². The van der Waals surface area contributed by atoms with E-state index in [-0.39, 0.29) is 11.3 Å². The summed E-state index contributed by atoms with van der Waals surface area (Å²) in [7, 11) is 0. The van der Waals surface area contributed by atoms with Gasteiger partial charge in [0.15, 0.2) is 0 Å². The van der Waals surface area contributed by atoms with Crippen LogP contribution in [0.3, 0.4) is 0 Å². The van der Waals surface area contributed by atoms with Crippen LogP contribution in [0.5, 0.6) is 0 Å². The van der Waals surface area contributed by atoms with Crippen molar-refractivity contribution in [3.05, 3.63) is 66.1 Å². The zero-order valence-corrected chi connectivity index (χ0v) is 10.9. The highest BCUT2D eigenvalue weighted by molar-refractivity contribution is 5.95. The SMILES string of the molecule is O=C(O)c1cccc(F)c1Nc1ccc2ncccc2c1. The Hall–Kier alpha value is -2.95. The van der Waals surface area contributed by atoms with Crippen LogP contribution in [0.25, 0.3) is 10.9 Å². The van der Waals surface area contributed by atoms with Crippen LogP contribution in [0.4, 0.5) is 15.8 Å². The minimum Gasteiger partial charge on any atom is -0.478 e. The van der Waals surface area contributed by atoms with Crippen LogP contribution >= 0.6 is 0 Å². The van der Waals surface area contributed by atoms with Gasteiger partial charge in [-0.1, -0.05) is 12.1 Å². The fraction of sp³-hybridized carbons (Fsp3) is 0. The van der Waals surface area contributed by atoms with E-state index in [4.69, 9.17) is 5.11 Å². The average molecular weight is 282 g/mol. The van der Waals surface area contributed by atoms with Gasteiger partial charge in [-0.15, -0.1) is 0 Å². The fourth-order valence-electron chi connectivity index (χ4n) is 2.13. The van der Waals surface area contributed by atoms with E-state index in [1.165, 1.54) is 18.2 Å². The molecule has 104 valence electrons. The first-order valence-corrected chi connectivity index (χ1v) is 6.29. The highest BCUT2D eigenvalue weighted by Crippen LogP contribution is 2.26. The number of rotatable bonds is 3. The third-order valence-corrected chi connectivity index (χ3v) is 3.12. The number of carboxylic acids is 1. The Balaban J connectivity index is 2.04. The number of aromatic carboxylic acids is 1. The molecule has 0 saturated heterocycles. The topological polar surface area (TPSA) is 62.2 Å². The fourth-order valence-corrected chi connectivity index (χ4v) is 2.13. The number of hydrogen-bond donors (Lipinski definition) is 2. The summed E-state index contributed by atoms with van der Waals surface area (Å²) in [5, 5.41) is 12.8. The maximum Gasteiger partial charge on any atom is 0.337 e. The minimum absolute atomic E-state index is 0.0479. The van der Waals surface area contributed by atoms with Gasteiger partial charge in [-0.05, 0) is 36.4 Å². The van der Waals surface area contributed by atoms with Gasteiger partial charge in [0.25, 0.3) is 0 Å². The van der Waals surface area contributed by atoms with Crippen molar-refractivity contribution < 1.29 is 14.3 Å². The molecule has 0 aliphatic heterocycles. The Labute approximate surface area is 119 Å². The molecule has 1 aromatic heterocycles. The predicted octanol–water partition coefficient (Wildman–Crippen LogP) is 3.82. The predicted molar refractivity (Wildman–Crippen MR) is 78.4 cm³/mol. The number of anilines is 2. The normalized spacial score (nSPS) is 10.5. The third-order valence-electron chi connectivity index (χ3n) is 3.12. The van der Waals surface area contributed by atoms with E-state index in [9.17, 15) is 9.18 Å². The molecular formula is C16H11FN2O2. The number of benzene rings is 2. The molecule has 0 amide bonds. The van der Waals surface area contributed by atoms with Gasteiger partial charge in [0.1, 0.15) is 5.82 Å². The molecule has 2 N–H and O–H groups in total. The largest absolute Gasteiger partial charge is 0.478 e. The van der Waals surface area contributed by atoms with Gasteiger partial charge in [-0.3, -0.25) is 4.98 Å². The van der Waals surface area contributed by atoms with Crippen molar-refractivity contribution >= 4 is 28.2 Å². The van der Waals surface area contributed by atoms with E-state index < -0.39 is 11.8 Å². The Kier molecular flexibility index (Phi) is 3.23. The molecule has 0 unspecified atom stereocenters. The van der Waals surface area contributed by atoms with Crippen molar-refractivity contribution in [3.8, 4) is 0 Å².